The van der Waals surface area contributed by atoms with Gasteiger partial charge in [0.15, 0.2) is 0 Å². The first-order valence-corrected chi connectivity index (χ1v) is 5.33. The van der Waals surface area contributed by atoms with Gasteiger partial charge < -0.3 is 4.74 Å². The minimum atomic E-state index is 0.510. The van der Waals surface area contributed by atoms with Crippen molar-refractivity contribution >= 4 is 0 Å². The van der Waals surface area contributed by atoms with Gasteiger partial charge in [0.05, 0.1) is 7.11 Å². The van der Waals surface area contributed by atoms with Gasteiger partial charge in [0.2, 0.25) is 0 Å². The zero-order valence-corrected chi connectivity index (χ0v) is 10.1. The van der Waals surface area contributed by atoms with Gasteiger partial charge in [0.1, 0.15) is 5.75 Å². The van der Waals surface area contributed by atoms with Gasteiger partial charge in [-0.3, -0.25) is 0 Å². The summed E-state index contributed by atoms with van der Waals surface area (Å²) in [5.74, 6) is 1.45. The quantitative estimate of drug-likeness (QED) is 0.672. The number of methoxy groups -OCH3 is 1. The van der Waals surface area contributed by atoms with E-state index in [-0.39, 0.29) is 0 Å². The Morgan fingerprint density at radius 3 is 2.60 bits per heavy atom. The molecule has 0 saturated heterocycles. The van der Waals surface area contributed by atoms with Crippen molar-refractivity contribution in [2.24, 2.45) is 0 Å². The number of allylic oxidation sites excluding steroid dienone is 1. The highest BCUT2D eigenvalue weighted by molar-refractivity contribution is 5.35. The average molecular weight is 204 g/mol. The maximum absolute atomic E-state index is 5.27. The minimum absolute atomic E-state index is 0.510. The van der Waals surface area contributed by atoms with Crippen LogP contribution in [0.1, 0.15) is 37.3 Å². The first-order chi connectivity index (χ1) is 7.02. The highest BCUT2D eigenvalue weighted by Gasteiger charge is 2.07. The summed E-state index contributed by atoms with van der Waals surface area (Å²) in [5.41, 5.74) is 3.80. The molecule has 0 heterocycles. The monoisotopic (exact) mass is 204 g/mol. The summed E-state index contributed by atoms with van der Waals surface area (Å²) in [5, 5.41) is 0. The molecule has 1 aromatic carbocycles. The molecule has 0 aliphatic rings. The number of rotatable bonds is 4. The van der Waals surface area contributed by atoms with Crippen LogP contribution in [-0.2, 0) is 0 Å². The van der Waals surface area contributed by atoms with Crippen molar-refractivity contribution in [1.29, 1.82) is 0 Å². The highest BCUT2D eigenvalue weighted by atomic mass is 16.5. The van der Waals surface area contributed by atoms with Gasteiger partial charge in [0.25, 0.3) is 0 Å². The van der Waals surface area contributed by atoms with Crippen molar-refractivity contribution in [3.8, 4) is 5.75 Å². The van der Waals surface area contributed by atoms with E-state index in [9.17, 15) is 0 Å². The van der Waals surface area contributed by atoms with Crippen molar-refractivity contribution in [3.63, 3.8) is 0 Å². The fraction of sp³-hybridized carbons (Fsp3) is 0.429. The molecule has 82 valence electrons. The average Bonchev–Trinajstić information content (AvgIpc) is 2.15. The predicted octanol–water partition coefficient (Wildman–Crippen LogP) is 4.07. The van der Waals surface area contributed by atoms with E-state index in [0.717, 1.165) is 12.2 Å². The van der Waals surface area contributed by atoms with Crippen molar-refractivity contribution in [1.82, 2.24) is 0 Å². The summed E-state index contributed by atoms with van der Waals surface area (Å²) in [6.07, 6.45) is 1.03. The lowest BCUT2D eigenvalue weighted by atomic mass is 9.93. The van der Waals surface area contributed by atoms with Crippen LogP contribution in [0.4, 0.5) is 0 Å². The van der Waals surface area contributed by atoms with Gasteiger partial charge in [-0.15, -0.1) is 6.58 Å². The van der Waals surface area contributed by atoms with E-state index in [1.165, 1.54) is 16.7 Å². The molecule has 0 aliphatic carbocycles. The molecule has 0 N–H and O–H groups in total. The molecule has 0 radical (unpaired) electrons. The van der Waals surface area contributed by atoms with Crippen LogP contribution in [0.3, 0.4) is 0 Å². The Morgan fingerprint density at radius 1 is 1.40 bits per heavy atom. The summed E-state index contributed by atoms with van der Waals surface area (Å²) in [4.78, 5) is 0. The van der Waals surface area contributed by atoms with Crippen LogP contribution in [0.5, 0.6) is 5.75 Å². The van der Waals surface area contributed by atoms with Crippen LogP contribution in [0.2, 0.25) is 0 Å². The van der Waals surface area contributed by atoms with Crippen LogP contribution >= 0.6 is 0 Å². The molecule has 0 bridgehead atoms. The molecule has 1 aromatic rings. The SMILES string of the molecule is C=C(C)CC(C)c1cc(C)cc(OC)c1. The maximum Gasteiger partial charge on any atom is 0.119 e. The van der Waals surface area contributed by atoms with Crippen LogP contribution in [0.15, 0.2) is 30.4 Å². The van der Waals surface area contributed by atoms with Gasteiger partial charge in [-0.1, -0.05) is 18.6 Å². The van der Waals surface area contributed by atoms with E-state index in [0.29, 0.717) is 5.92 Å². The molecule has 0 aromatic heterocycles. The Bertz CT molecular complexity index is 352. The van der Waals surface area contributed by atoms with E-state index >= 15 is 0 Å². The number of ether oxygens (including phenoxy) is 1. The van der Waals surface area contributed by atoms with Gasteiger partial charge in [-0.25, -0.2) is 0 Å². The Balaban J connectivity index is 2.92. The van der Waals surface area contributed by atoms with Crippen molar-refractivity contribution < 1.29 is 4.74 Å². The van der Waals surface area contributed by atoms with Crippen molar-refractivity contribution in [2.75, 3.05) is 7.11 Å². The molecule has 0 aliphatic heterocycles. The molecule has 0 amide bonds. The maximum atomic E-state index is 5.27. The van der Waals surface area contributed by atoms with Crippen molar-refractivity contribution in [3.05, 3.63) is 41.5 Å². The molecule has 1 nitrogen and oxygen atoms in total. The minimum Gasteiger partial charge on any atom is -0.497 e. The fourth-order valence-electron chi connectivity index (χ4n) is 1.82. The van der Waals surface area contributed by atoms with Gasteiger partial charge >= 0.3 is 0 Å². The van der Waals surface area contributed by atoms with Gasteiger partial charge in [-0.05, 0) is 49.4 Å². The second-order valence-electron chi connectivity index (χ2n) is 4.35. The van der Waals surface area contributed by atoms with Crippen molar-refractivity contribution in [2.45, 2.75) is 33.1 Å². The smallest absolute Gasteiger partial charge is 0.119 e. The van der Waals surface area contributed by atoms with E-state index in [1.807, 2.05) is 0 Å². The summed E-state index contributed by atoms with van der Waals surface area (Å²) in [7, 11) is 1.71. The molecule has 0 fully saturated rings. The van der Waals surface area contributed by atoms with E-state index < -0.39 is 0 Å². The molecule has 1 atom stereocenters. The first kappa shape index (κ1) is 11.8. The Kier molecular flexibility index (Phi) is 3.96. The summed E-state index contributed by atoms with van der Waals surface area (Å²) in [6, 6.07) is 6.38. The summed E-state index contributed by atoms with van der Waals surface area (Å²) in [6.45, 7) is 10.3. The normalized spacial score (nSPS) is 12.3. The van der Waals surface area contributed by atoms with E-state index in [1.54, 1.807) is 7.11 Å². The molecular weight excluding hydrogens is 184 g/mol. The van der Waals surface area contributed by atoms with Crippen LogP contribution < -0.4 is 4.74 Å². The number of hydrogen-bond donors (Lipinski definition) is 0. The topological polar surface area (TPSA) is 9.23 Å². The van der Waals surface area contributed by atoms with Gasteiger partial charge in [-0.2, -0.15) is 0 Å². The summed E-state index contributed by atoms with van der Waals surface area (Å²) < 4.78 is 5.27. The number of benzene rings is 1. The molecule has 1 rings (SSSR count). The molecule has 0 saturated carbocycles. The van der Waals surface area contributed by atoms with E-state index in [2.05, 4.69) is 45.5 Å². The van der Waals surface area contributed by atoms with Crippen LogP contribution in [0, 0.1) is 6.92 Å². The second-order valence-corrected chi connectivity index (χ2v) is 4.35. The Morgan fingerprint density at radius 2 is 2.07 bits per heavy atom. The third kappa shape index (κ3) is 3.43. The second kappa shape index (κ2) is 5.01. The third-order valence-electron chi connectivity index (χ3n) is 2.53. The third-order valence-corrected chi connectivity index (χ3v) is 2.53. The largest absolute Gasteiger partial charge is 0.497 e. The van der Waals surface area contributed by atoms with E-state index in [4.69, 9.17) is 4.74 Å². The summed E-state index contributed by atoms with van der Waals surface area (Å²) >= 11 is 0. The lowest BCUT2D eigenvalue weighted by molar-refractivity contribution is 0.413. The van der Waals surface area contributed by atoms with Crippen LogP contribution in [0.25, 0.3) is 0 Å². The van der Waals surface area contributed by atoms with Gasteiger partial charge in [0, 0.05) is 0 Å². The molecule has 1 heteroatoms. The predicted molar refractivity (Wildman–Crippen MR) is 65.6 cm³/mol. The number of hydrogen-bond acceptors (Lipinski definition) is 1. The fourth-order valence-corrected chi connectivity index (χ4v) is 1.82. The standard InChI is InChI=1S/C14H20O/c1-10(2)6-12(4)13-7-11(3)8-14(9-13)15-5/h7-9,12H,1,6H2,2-5H3. The lowest BCUT2D eigenvalue weighted by Crippen LogP contribution is -1.96. The lowest BCUT2D eigenvalue weighted by Gasteiger charge is -2.14. The van der Waals surface area contributed by atoms with Crippen LogP contribution in [-0.4, -0.2) is 7.11 Å². The Hall–Kier alpha value is -1.24. The highest BCUT2D eigenvalue weighted by Crippen LogP contribution is 2.26. The molecule has 0 spiro atoms. The first-order valence-electron chi connectivity index (χ1n) is 5.33. The molecule has 1 unspecified atom stereocenters. The Labute approximate surface area is 92.8 Å². The molecular formula is C14H20O. The zero-order chi connectivity index (χ0) is 11.4. The zero-order valence-electron chi connectivity index (χ0n) is 10.1. The number of aryl methyl sites for hydroxylation is 1. The molecule has 15 heavy (non-hydrogen) atoms.